The third-order valence-electron chi connectivity index (χ3n) is 15.6. The summed E-state index contributed by atoms with van der Waals surface area (Å²) in [5.74, 6) is -21.7. The predicted octanol–water partition coefficient (Wildman–Crippen LogP) is -5.94. The fourth-order valence-corrected chi connectivity index (χ4v) is 17.0. The lowest BCUT2D eigenvalue weighted by molar-refractivity contribution is -0.143. The monoisotopic (exact) mass is 1530 g/mol. The van der Waals surface area contributed by atoms with E-state index >= 15 is 9.59 Å². The Kier molecular flexibility index (Phi) is 32.1. The van der Waals surface area contributed by atoms with Crippen molar-refractivity contribution in [3.8, 4) is 11.5 Å². The molecule has 4 bridgehead atoms. The lowest BCUT2D eigenvalue weighted by Gasteiger charge is -2.30. The molecule has 0 aromatic heterocycles. The SMILES string of the molecule is C[C@@H]1NC(=O)[C@@H]2CCCN2C(=O)[C@H](CC(N)=O)NC(=O)[C@@H]2CSSC[C@@H](N)C(=O)N[C@H]3CSSC[C@H](NC1=O)C(=O)NC([C@H](C)O)C(=O)NCC(=O)N[C@H](C(=O)N[C@@H](Cc1ccc(O)cc1)C(=O)O)CSSC[C@H](NC(=O)[C@H](Cc1ccc(O)cc1)NC(=O)[C@@H](CCC(=O)O)NC3=O)C(=O)N2. The summed E-state index contributed by atoms with van der Waals surface area (Å²) in [4.78, 5) is 227. The van der Waals surface area contributed by atoms with E-state index in [2.05, 4.69) is 63.8 Å². The quantitative estimate of drug-likeness (QED) is 0.0656. The standard InChI is InChI=1S/C59H79N15O21S6/c1-26-47(82)69-41-25-101-99-22-38-52(87)65-33(13-14-45(80)81)49(84)66-34(16-28-5-9-30(76)10-6-28)50(85)71-40(54(89)72-39(23-97-96-20-32(60)48(83)70-38)53(88)67-35(18-43(61)78)58(93)74-15-3-4-42(74)56(91)63-26)24-100-98-21-37(64-44(79)19-62-57(92)46(27(2)75)73-55(41)90)51(86)68-36(59(94)95)17-29-7-11-31(77)12-8-29/h5-12,26-27,32-42,46,75-77H,3-4,13-25,60H2,1-2H3,(H2,61,78)(H,62,92)(H,63,91)(H,64,79)(H,65,87)(H,66,84)(H,67,88)(H,68,86)(H,69,82)(H,70,83)(H,71,85)(H,72,89)(H,73,90)(H,80,81)(H,94,95)/t26-,27-,32+,33+,34-,35-,36-,37-,38-,39-,40-,41-,42-,46?/m0/s1. The second-order valence-electron chi connectivity index (χ2n) is 23.5. The average Bonchev–Trinajstić information content (AvgIpc) is 1.75. The number of hydrogen-bond donors (Lipinski definition) is 19. The number of carboxylic acids is 2. The molecule has 2 aromatic rings. The van der Waals surface area contributed by atoms with Gasteiger partial charge in [-0.05, 0) is 68.5 Å². The maximum atomic E-state index is 15.1. The minimum atomic E-state index is -1.93. The first-order valence-corrected chi connectivity index (χ1v) is 38.7. The lowest BCUT2D eigenvalue weighted by Crippen LogP contribution is -2.61. The highest BCUT2D eigenvalue weighted by Crippen LogP contribution is 2.28. The average molecular weight is 1530 g/mol. The van der Waals surface area contributed by atoms with Crippen molar-refractivity contribution in [2.45, 2.75) is 143 Å². The van der Waals surface area contributed by atoms with Crippen LogP contribution >= 0.6 is 64.8 Å². The number of carbonyl (C=O) groups excluding carboxylic acids is 14. The number of aliphatic hydroxyl groups excluding tert-OH is 1. The van der Waals surface area contributed by atoms with Crippen LogP contribution < -0.4 is 75.3 Å². The van der Waals surface area contributed by atoms with E-state index in [-0.39, 0.29) is 48.6 Å². The highest BCUT2D eigenvalue weighted by molar-refractivity contribution is 8.77. The molecule has 552 valence electrons. The smallest absolute Gasteiger partial charge is 0.326 e. The summed E-state index contributed by atoms with van der Waals surface area (Å²) in [6, 6.07) is -11.7. The number of nitrogens with two attached hydrogens (primary N) is 2. The molecule has 42 heteroatoms. The minimum Gasteiger partial charge on any atom is -0.508 e. The van der Waals surface area contributed by atoms with Gasteiger partial charge in [-0.1, -0.05) is 89.0 Å². The van der Waals surface area contributed by atoms with Crippen LogP contribution in [0.2, 0.25) is 0 Å². The molecule has 0 saturated carbocycles. The molecule has 101 heavy (non-hydrogen) atoms. The molecule has 4 heterocycles. The summed E-state index contributed by atoms with van der Waals surface area (Å²) < 4.78 is 0. The van der Waals surface area contributed by atoms with Crippen molar-refractivity contribution in [3.05, 3.63) is 59.7 Å². The summed E-state index contributed by atoms with van der Waals surface area (Å²) in [7, 11) is 4.74. The number of nitrogens with zero attached hydrogens (tertiary/aromatic N) is 1. The molecule has 4 fully saturated rings. The maximum absolute atomic E-state index is 15.1. The molecule has 36 nitrogen and oxygen atoms in total. The fourth-order valence-electron chi connectivity index (χ4n) is 10.0. The van der Waals surface area contributed by atoms with Gasteiger partial charge in [0, 0.05) is 60.3 Å². The van der Waals surface area contributed by atoms with Crippen molar-refractivity contribution in [3.63, 3.8) is 0 Å². The number of hydrogen-bond acceptors (Lipinski definition) is 26. The van der Waals surface area contributed by atoms with Gasteiger partial charge in [-0.3, -0.25) is 71.9 Å². The van der Waals surface area contributed by atoms with Gasteiger partial charge in [-0.15, -0.1) is 0 Å². The van der Waals surface area contributed by atoms with E-state index in [1.54, 1.807) is 0 Å². The van der Waals surface area contributed by atoms with Gasteiger partial charge in [0.25, 0.3) is 0 Å². The molecule has 21 N–H and O–H groups in total. The number of primary amides is 1. The zero-order valence-corrected chi connectivity index (χ0v) is 59.0. The van der Waals surface area contributed by atoms with Gasteiger partial charge in [0.05, 0.1) is 25.1 Å². The van der Waals surface area contributed by atoms with Crippen molar-refractivity contribution in [2.24, 2.45) is 11.5 Å². The zero-order chi connectivity index (χ0) is 74.2. The molecular formula is C59H79N15O21S6. The van der Waals surface area contributed by atoms with E-state index in [4.69, 9.17) is 11.5 Å². The molecule has 6 rings (SSSR count). The van der Waals surface area contributed by atoms with Gasteiger partial charge in [0.2, 0.25) is 82.7 Å². The number of aliphatic carboxylic acids is 2. The number of phenolic OH excluding ortho intramolecular Hbond substituents is 2. The predicted molar refractivity (Wildman–Crippen MR) is 371 cm³/mol. The van der Waals surface area contributed by atoms with Crippen LogP contribution in [0.4, 0.5) is 0 Å². The number of amides is 14. The van der Waals surface area contributed by atoms with E-state index in [0.29, 0.717) is 5.56 Å². The molecule has 4 aliphatic heterocycles. The highest BCUT2D eigenvalue weighted by Gasteiger charge is 2.42. The van der Waals surface area contributed by atoms with Gasteiger partial charge in [0.15, 0.2) is 0 Å². The van der Waals surface area contributed by atoms with Crippen LogP contribution in [0.3, 0.4) is 0 Å². The number of aromatic hydroxyl groups is 2. The molecular weight excluding hydrogens is 1450 g/mol. The molecule has 0 spiro atoms. The summed E-state index contributed by atoms with van der Waals surface area (Å²) >= 11 is 0. The van der Waals surface area contributed by atoms with E-state index in [9.17, 15) is 92.7 Å². The Bertz CT molecular complexity index is 3400. The van der Waals surface area contributed by atoms with Crippen LogP contribution in [0.5, 0.6) is 11.5 Å². The third-order valence-corrected chi connectivity index (χ3v) is 22.9. The van der Waals surface area contributed by atoms with Crippen molar-refractivity contribution in [2.75, 3.05) is 47.6 Å². The van der Waals surface area contributed by atoms with Crippen LogP contribution in [-0.2, 0) is 89.6 Å². The van der Waals surface area contributed by atoms with Crippen molar-refractivity contribution >= 4 is 159 Å². The zero-order valence-electron chi connectivity index (χ0n) is 54.1. The van der Waals surface area contributed by atoms with Gasteiger partial charge in [-0.2, -0.15) is 0 Å². The lowest BCUT2D eigenvalue weighted by atomic mass is 10.0. The Morgan fingerprint density at radius 3 is 1.61 bits per heavy atom. The Morgan fingerprint density at radius 1 is 0.574 bits per heavy atom. The molecule has 14 atom stereocenters. The molecule has 2 aromatic carbocycles. The van der Waals surface area contributed by atoms with Crippen LogP contribution in [0.15, 0.2) is 48.5 Å². The number of benzene rings is 2. The molecule has 4 aliphatic rings. The molecule has 14 amide bonds. The summed E-state index contributed by atoms with van der Waals surface area (Å²) in [6.07, 6.45) is -4.71. The highest BCUT2D eigenvalue weighted by atomic mass is 33.1. The molecule has 0 radical (unpaired) electrons. The number of fused-ring (bicyclic) bond motifs is 20. The first-order valence-electron chi connectivity index (χ1n) is 31.2. The Morgan fingerprint density at radius 2 is 1.06 bits per heavy atom. The van der Waals surface area contributed by atoms with Crippen LogP contribution in [-0.4, -0.2) is 257 Å². The first kappa shape index (κ1) is 81.5. The van der Waals surface area contributed by atoms with E-state index in [1.165, 1.54) is 55.5 Å². The molecule has 1 unspecified atom stereocenters. The molecule has 0 aliphatic carbocycles. The van der Waals surface area contributed by atoms with Crippen molar-refractivity contribution in [1.82, 2.24) is 68.7 Å². The van der Waals surface area contributed by atoms with Gasteiger partial charge in [0.1, 0.15) is 84.0 Å². The minimum absolute atomic E-state index is 0.00937. The third kappa shape index (κ3) is 25.9. The Hall–Kier alpha value is -8.42. The summed E-state index contributed by atoms with van der Waals surface area (Å²) in [5, 5.41) is 80.4. The number of aliphatic hydroxyl groups is 1. The van der Waals surface area contributed by atoms with Crippen molar-refractivity contribution < 1.29 is 102 Å². The van der Waals surface area contributed by atoms with Gasteiger partial charge < -0.3 is 106 Å². The fraction of sp³-hybridized carbons (Fsp3) is 0.525. The number of nitrogens with one attached hydrogen (secondary N) is 12. The number of rotatable bonds is 13. The van der Waals surface area contributed by atoms with E-state index in [1.807, 2.05) is 0 Å². The van der Waals surface area contributed by atoms with Gasteiger partial charge in [-0.25, -0.2) is 4.79 Å². The summed E-state index contributed by atoms with van der Waals surface area (Å²) in [5.41, 5.74) is 12.6. The summed E-state index contributed by atoms with van der Waals surface area (Å²) in [6.45, 7) is 1.18. The van der Waals surface area contributed by atoms with Gasteiger partial charge >= 0.3 is 11.9 Å². The second kappa shape index (κ2) is 39.7. The first-order chi connectivity index (χ1) is 47.9. The number of carboxylic acid groups (broad SMARTS) is 2. The molecule has 4 saturated heterocycles. The normalized spacial score (nSPS) is 27.3. The van der Waals surface area contributed by atoms with Crippen LogP contribution in [0.1, 0.15) is 57.1 Å². The Labute approximate surface area is 600 Å². The van der Waals surface area contributed by atoms with Crippen molar-refractivity contribution in [1.29, 1.82) is 0 Å². The maximum Gasteiger partial charge on any atom is 0.326 e. The van der Waals surface area contributed by atoms with E-state index in [0.717, 1.165) is 76.6 Å². The van der Waals surface area contributed by atoms with E-state index < -0.39 is 240 Å². The topological polar surface area (TPSA) is 574 Å². The van der Waals surface area contributed by atoms with Crippen LogP contribution in [0, 0.1) is 0 Å². The number of carbonyl (C=O) groups is 16. The Balaban J connectivity index is 1.56. The largest absolute Gasteiger partial charge is 0.508 e. The van der Waals surface area contributed by atoms with Crippen LogP contribution in [0.25, 0.3) is 0 Å². The number of phenols is 2. The second-order valence-corrected chi connectivity index (χ2v) is 31.1.